The maximum Gasteiger partial charge on any atom is 0.256 e. The van der Waals surface area contributed by atoms with Gasteiger partial charge in [0.2, 0.25) is 0 Å². The van der Waals surface area contributed by atoms with Crippen LogP contribution in [0.15, 0.2) is 237 Å². The summed E-state index contributed by atoms with van der Waals surface area (Å²) in [5.41, 5.74) is 26.9. The van der Waals surface area contributed by atoms with Gasteiger partial charge < -0.3 is 27.9 Å². The van der Waals surface area contributed by atoms with E-state index in [9.17, 15) is 0 Å². The molecule has 0 saturated carbocycles. The van der Waals surface area contributed by atoms with Gasteiger partial charge in [-0.1, -0.05) is 176 Å². The first kappa shape index (κ1) is 46.3. The lowest BCUT2D eigenvalue weighted by atomic mass is 9.34. The molecule has 9 heteroatoms. The third-order valence-electron chi connectivity index (χ3n) is 19.0. The molecule has 0 N–H and O–H groups in total. The van der Waals surface area contributed by atoms with Crippen molar-refractivity contribution in [1.29, 1.82) is 0 Å². The third-order valence-corrected chi connectivity index (χ3v) is 19.0. The highest BCUT2D eigenvalue weighted by Crippen LogP contribution is 2.42. The Labute approximate surface area is 485 Å². The fourth-order valence-corrected chi connectivity index (χ4v) is 15.8. The van der Waals surface area contributed by atoms with Gasteiger partial charge in [0.25, 0.3) is 20.1 Å². The average molecular weight is 1070 g/mol. The van der Waals surface area contributed by atoms with Gasteiger partial charge in [0, 0.05) is 65.9 Å². The number of aryl methyl sites for hydroxylation is 3. The fraction of sp³-hybridized carbons (Fsp3) is 0.0400. The lowest BCUT2D eigenvalue weighted by Gasteiger charge is -2.34. The van der Waals surface area contributed by atoms with Crippen LogP contribution in [-0.4, -0.2) is 33.8 Å². The predicted molar refractivity (Wildman–Crippen MR) is 350 cm³/mol. The van der Waals surface area contributed by atoms with E-state index in [0.29, 0.717) is 0 Å². The van der Waals surface area contributed by atoms with Crippen molar-refractivity contribution in [3.63, 3.8) is 0 Å². The maximum atomic E-state index is 6.44. The molecule has 9 heterocycles. The molecule has 0 amide bonds. The first-order valence-electron chi connectivity index (χ1n) is 29.3. The van der Waals surface area contributed by atoms with Gasteiger partial charge in [0.05, 0.1) is 16.6 Å². The minimum Gasteiger partial charge on any atom is -0.458 e. The van der Waals surface area contributed by atoms with Crippen molar-refractivity contribution in [1.82, 2.24) is 13.7 Å². The molecule has 84 heavy (non-hydrogen) atoms. The van der Waals surface area contributed by atoms with E-state index in [2.05, 4.69) is 271 Å². The van der Waals surface area contributed by atoms with Crippen molar-refractivity contribution in [2.24, 2.45) is 0 Å². The van der Waals surface area contributed by atoms with Gasteiger partial charge in [-0.15, -0.1) is 0 Å². The Kier molecular flexibility index (Phi) is 9.29. The minimum absolute atomic E-state index is 0.204. The molecule has 12 aromatic carbocycles. The highest BCUT2D eigenvalue weighted by atomic mass is 16.5. The average Bonchev–Trinajstić information content (AvgIpc) is 1.53. The summed E-state index contributed by atoms with van der Waals surface area (Å²) in [5.74, 6) is 5.89. The lowest BCUT2D eigenvalue weighted by molar-refractivity contribution is 0.483. The summed E-state index contributed by atoms with van der Waals surface area (Å²) in [7, 11) is 0. The molecule has 0 saturated heterocycles. The second-order valence-electron chi connectivity index (χ2n) is 23.5. The highest BCUT2D eigenvalue weighted by Gasteiger charge is 2.44. The van der Waals surface area contributed by atoms with Crippen LogP contribution in [0.3, 0.4) is 0 Å². The van der Waals surface area contributed by atoms with Crippen LogP contribution in [-0.2, 0) is 0 Å². The molecular weight excluding hydrogens is 1020 g/mol. The van der Waals surface area contributed by atoms with Crippen molar-refractivity contribution in [2.45, 2.75) is 20.8 Å². The first-order valence-corrected chi connectivity index (χ1v) is 29.3. The Morgan fingerprint density at radius 3 is 1.27 bits per heavy atom. The first-order chi connectivity index (χ1) is 41.5. The van der Waals surface area contributed by atoms with E-state index in [0.717, 1.165) is 34.5 Å². The molecule has 0 bridgehead atoms. The van der Waals surface area contributed by atoms with Crippen LogP contribution in [0.4, 0.5) is 0 Å². The Bertz CT molecular complexity index is 5450. The summed E-state index contributed by atoms with van der Waals surface area (Å²) in [6, 6.07) is 85.1. The molecule has 0 aliphatic carbocycles. The Morgan fingerprint density at radius 2 is 0.702 bits per heavy atom. The number of fused-ring (bicyclic) bond motifs is 21. The molecular formula is C75H48B3N3O3. The van der Waals surface area contributed by atoms with E-state index in [-0.39, 0.29) is 20.1 Å². The van der Waals surface area contributed by atoms with Crippen molar-refractivity contribution < 1.29 is 14.2 Å². The summed E-state index contributed by atoms with van der Waals surface area (Å²) < 4.78 is 26.5. The van der Waals surface area contributed by atoms with Crippen LogP contribution in [0.1, 0.15) is 16.7 Å². The van der Waals surface area contributed by atoms with E-state index >= 15 is 0 Å². The molecule has 3 aromatic heterocycles. The number of aromatic nitrogens is 3. The highest BCUT2D eigenvalue weighted by molar-refractivity contribution is 7.00. The Balaban J connectivity index is 0.0000000929. The van der Waals surface area contributed by atoms with Crippen LogP contribution >= 0.6 is 0 Å². The molecule has 0 unspecified atom stereocenters. The van der Waals surface area contributed by atoms with Crippen molar-refractivity contribution >= 4 is 135 Å². The minimum atomic E-state index is 0.204. The second-order valence-corrected chi connectivity index (χ2v) is 23.5. The Morgan fingerprint density at radius 1 is 0.286 bits per heavy atom. The summed E-state index contributed by atoms with van der Waals surface area (Å²) >= 11 is 0. The molecule has 0 radical (unpaired) electrons. The van der Waals surface area contributed by atoms with Crippen molar-refractivity contribution in [3.8, 4) is 51.6 Å². The molecule has 15 aromatic rings. The van der Waals surface area contributed by atoms with E-state index in [1.54, 1.807) is 0 Å². The zero-order valence-electron chi connectivity index (χ0n) is 46.3. The SMILES string of the molecule is Cc1cc2c3c(c1)-n1c4ccccc4c4cccc(c41)B3c1ccccc1O2.Cc1ccc2c3c1-n1c4ccccc4c4cccc(c41)B3c1ccccc1O2.Cc1ccc2c3c1Oc1ccccc1B3c1cccc3c4ccccc4n-2c13. The van der Waals surface area contributed by atoms with Crippen LogP contribution < -0.4 is 63.4 Å². The topological polar surface area (TPSA) is 42.5 Å². The van der Waals surface area contributed by atoms with Gasteiger partial charge in [-0.05, 0) is 147 Å². The molecule has 6 aliphatic rings. The molecule has 6 aliphatic heterocycles. The quantitative estimate of drug-likeness (QED) is 0.142. The zero-order valence-corrected chi connectivity index (χ0v) is 46.3. The third kappa shape index (κ3) is 6.02. The number of benzene rings is 12. The van der Waals surface area contributed by atoms with Crippen LogP contribution in [0.5, 0.6) is 34.5 Å². The van der Waals surface area contributed by atoms with Crippen LogP contribution in [0, 0.1) is 20.8 Å². The molecule has 0 fully saturated rings. The molecule has 390 valence electrons. The van der Waals surface area contributed by atoms with Crippen LogP contribution in [0.2, 0.25) is 0 Å². The lowest BCUT2D eigenvalue weighted by Crippen LogP contribution is -2.58. The summed E-state index contributed by atoms with van der Waals surface area (Å²) in [4.78, 5) is 0. The predicted octanol–water partition coefficient (Wildman–Crippen LogP) is 12.1. The maximum absolute atomic E-state index is 6.44. The van der Waals surface area contributed by atoms with Crippen molar-refractivity contribution in [3.05, 3.63) is 253 Å². The molecule has 0 atom stereocenters. The molecule has 0 spiro atoms. The van der Waals surface area contributed by atoms with Gasteiger partial charge in [-0.3, -0.25) is 0 Å². The van der Waals surface area contributed by atoms with E-state index in [4.69, 9.17) is 14.2 Å². The summed E-state index contributed by atoms with van der Waals surface area (Å²) in [6.45, 7) is 7.12. The zero-order chi connectivity index (χ0) is 55.2. The molecule has 6 nitrogen and oxygen atoms in total. The number of hydrogen-bond acceptors (Lipinski definition) is 3. The van der Waals surface area contributed by atoms with Crippen molar-refractivity contribution in [2.75, 3.05) is 0 Å². The number of para-hydroxylation sites is 9. The number of rotatable bonds is 0. The van der Waals surface area contributed by atoms with Gasteiger partial charge in [-0.2, -0.15) is 0 Å². The van der Waals surface area contributed by atoms with E-state index in [1.165, 1.54) is 148 Å². The molecule has 21 rings (SSSR count). The number of ether oxygens (including phenoxy) is 3. The van der Waals surface area contributed by atoms with E-state index < -0.39 is 0 Å². The number of hydrogen-bond donors (Lipinski definition) is 0. The summed E-state index contributed by atoms with van der Waals surface area (Å²) in [5, 5.41) is 7.90. The van der Waals surface area contributed by atoms with Crippen LogP contribution in [0.25, 0.3) is 82.5 Å². The largest absolute Gasteiger partial charge is 0.458 e. The smallest absolute Gasteiger partial charge is 0.256 e. The summed E-state index contributed by atoms with van der Waals surface area (Å²) in [6.07, 6.45) is 0. The Hall–Kier alpha value is -10.4. The normalized spacial score (nSPS) is 13.4. The fourth-order valence-electron chi connectivity index (χ4n) is 15.8. The van der Waals surface area contributed by atoms with E-state index in [1.807, 2.05) is 0 Å². The second kappa shape index (κ2) is 16.9. The number of nitrogens with zero attached hydrogens (tertiary/aromatic N) is 3. The van der Waals surface area contributed by atoms with Gasteiger partial charge in [0.1, 0.15) is 34.5 Å². The standard InChI is InChI=1S/3C25H16BNO/c1-15-13-21-24-23(14-15)28-22-12-5-3-9-18(22)26(24)19-10-6-8-17-16-7-2-4-11-20(16)27(21)25(17)19;1-15-13-14-21-23-25(15)28-22-12-5-3-9-18(22)26(23)19-10-6-8-17-16-7-2-4-11-20(16)27(21)24(17)19;1-15-13-14-22-23-24(15)27-20-11-4-2-7-16(20)17-8-6-10-19(25(17)27)26(23)18-9-3-5-12-21(18)28-22/h3*2-14H,1H3. The monoisotopic (exact) mass is 1070 g/mol. The van der Waals surface area contributed by atoms with Gasteiger partial charge in [0.15, 0.2) is 0 Å². The van der Waals surface area contributed by atoms with Gasteiger partial charge >= 0.3 is 0 Å². The van der Waals surface area contributed by atoms with Gasteiger partial charge in [-0.25, -0.2) is 0 Å².